The number of carbonyl (C=O) groups is 1. The summed E-state index contributed by atoms with van der Waals surface area (Å²) in [6.07, 6.45) is 1.88. The number of fused-ring (bicyclic) bond motifs is 1. The minimum absolute atomic E-state index is 0.257. The number of furan rings is 1. The van der Waals surface area contributed by atoms with E-state index in [4.69, 9.17) is 13.9 Å². The Balaban J connectivity index is 1.51. The number of carbonyl (C=O) groups excluding carboxylic acids is 1. The van der Waals surface area contributed by atoms with Crippen LogP contribution in [0.4, 0.5) is 11.6 Å². The van der Waals surface area contributed by atoms with E-state index in [1.807, 2.05) is 36.5 Å². The van der Waals surface area contributed by atoms with Crippen molar-refractivity contribution in [2.24, 2.45) is 4.99 Å². The number of ether oxygens (including phenoxy) is 2. The molecule has 0 saturated heterocycles. The van der Waals surface area contributed by atoms with Gasteiger partial charge in [0.25, 0.3) is 5.91 Å². The van der Waals surface area contributed by atoms with Crippen LogP contribution in [0.5, 0.6) is 11.5 Å². The SMILES string of the molecule is COc1ccc(C(=O)Nc2ccc(-c3cc4c(o3)N=CC4C)cc2)c(OC)c1. The minimum atomic E-state index is -0.257. The summed E-state index contributed by atoms with van der Waals surface area (Å²) < 4.78 is 16.3. The first-order valence-electron chi connectivity index (χ1n) is 8.91. The van der Waals surface area contributed by atoms with Gasteiger partial charge in [0.05, 0.1) is 19.8 Å². The predicted octanol–water partition coefficient (Wildman–Crippen LogP) is 5.04. The van der Waals surface area contributed by atoms with Gasteiger partial charge in [-0.3, -0.25) is 4.79 Å². The first-order valence-corrected chi connectivity index (χ1v) is 8.91. The van der Waals surface area contributed by atoms with Gasteiger partial charge < -0.3 is 19.2 Å². The highest BCUT2D eigenvalue weighted by atomic mass is 16.5. The topological polar surface area (TPSA) is 73.1 Å². The molecule has 0 spiro atoms. The lowest BCUT2D eigenvalue weighted by atomic mass is 10.1. The summed E-state index contributed by atoms with van der Waals surface area (Å²) in [7, 11) is 3.09. The van der Waals surface area contributed by atoms with Crippen LogP contribution in [0.15, 0.2) is 57.9 Å². The van der Waals surface area contributed by atoms with Crippen molar-refractivity contribution in [3.63, 3.8) is 0 Å². The normalized spacial score (nSPS) is 14.6. The maximum Gasteiger partial charge on any atom is 0.259 e. The van der Waals surface area contributed by atoms with Crippen molar-refractivity contribution < 1.29 is 18.7 Å². The zero-order valence-electron chi connectivity index (χ0n) is 15.9. The van der Waals surface area contributed by atoms with Crippen molar-refractivity contribution in [2.45, 2.75) is 12.8 Å². The second-order valence-corrected chi connectivity index (χ2v) is 6.54. The lowest BCUT2D eigenvalue weighted by Gasteiger charge is -2.11. The number of nitrogens with zero attached hydrogens (tertiary/aromatic N) is 1. The van der Waals surface area contributed by atoms with Crippen LogP contribution >= 0.6 is 0 Å². The fraction of sp³-hybridized carbons (Fsp3) is 0.182. The minimum Gasteiger partial charge on any atom is -0.497 e. The van der Waals surface area contributed by atoms with Gasteiger partial charge in [-0.1, -0.05) is 6.92 Å². The Kier molecular flexibility index (Phi) is 4.61. The van der Waals surface area contributed by atoms with Crippen molar-refractivity contribution in [1.82, 2.24) is 0 Å². The highest BCUT2D eigenvalue weighted by molar-refractivity contribution is 6.06. The number of anilines is 1. The molecule has 0 fully saturated rings. The van der Waals surface area contributed by atoms with Gasteiger partial charge in [0.2, 0.25) is 5.88 Å². The Hall–Kier alpha value is -3.54. The summed E-state index contributed by atoms with van der Waals surface area (Å²) >= 11 is 0. The molecule has 4 rings (SSSR count). The Morgan fingerprint density at radius 1 is 1.07 bits per heavy atom. The molecule has 1 amide bonds. The van der Waals surface area contributed by atoms with Crippen LogP contribution in [0.2, 0.25) is 0 Å². The molecule has 1 unspecified atom stereocenters. The number of rotatable bonds is 5. The molecule has 6 heteroatoms. The van der Waals surface area contributed by atoms with E-state index in [0.717, 1.165) is 16.9 Å². The number of benzene rings is 2. The van der Waals surface area contributed by atoms with E-state index >= 15 is 0 Å². The van der Waals surface area contributed by atoms with Crippen molar-refractivity contribution in [2.75, 3.05) is 19.5 Å². The molecule has 0 radical (unpaired) electrons. The average molecular weight is 376 g/mol. The summed E-state index contributed by atoms with van der Waals surface area (Å²) in [5, 5.41) is 2.88. The number of methoxy groups -OCH3 is 2. The predicted molar refractivity (Wildman–Crippen MR) is 108 cm³/mol. The lowest BCUT2D eigenvalue weighted by molar-refractivity contribution is 0.102. The number of hydrogen-bond donors (Lipinski definition) is 1. The number of hydrogen-bond acceptors (Lipinski definition) is 5. The maximum absolute atomic E-state index is 12.6. The van der Waals surface area contributed by atoms with Crippen molar-refractivity contribution in [3.8, 4) is 22.8 Å². The molecular formula is C22H20N2O4. The van der Waals surface area contributed by atoms with E-state index in [9.17, 15) is 4.79 Å². The Morgan fingerprint density at radius 3 is 2.54 bits per heavy atom. The van der Waals surface area contributed by atoms with Crippen LogP contribution in [0.3, 0.4) is 0 Å². The first-order chi connectivity index (χ1) is 13.6. The van der Waals surface area contributed by atoms with Crippen LogP contribution in [0, 0.1) is 0 Å². The highest BCUT2D eigenvalue weighted by Crippen LogP contribution is 2.38. The molecule has 1 aliphatic rings. The summed E-state index contributed by atoms with van der Waals surface area (Å²) in [6, 6.07) is 14.6. The van der Waals surface area contributed by atoms with Gasteiger partial charge in [-0.2, -0.15) is 0 Å². The van der Waals surface area contributed by atoms with E-state index in [0.29, 0.717) is 28.6 Å². The van der Waals surface area contributed by atoms with Gasteiger partial charge in [0.1, 0.15) is 17.3 Å². The number of nitrogens with one attached hydrogen (secondary N) is 1. The lowest BCUT2D eigenvalue weighted by Crippen LogP contribution is -2.13. The van der Waals surface area contributed by atoms with Crippen LogP contribution < -0.4 is 14.8 Å². The molecular weight excluding hydrogens is 356 g/mol. The monoisotopic (exact) mass is 376 g/mol. The third-order valence-electron chi connectivity index (χ3n) is 4.73. The molecule has 0 saturated carbocycles. The van der Waals surface area contributed by atoms with E-state index in [2.05, 4.69) is 17.2 Å². The standard InChI is InChI=1S/C22H20N2O4/c1-13-12-23-22-18(13)11-19(28-22)14-4-6-15(7-5-14)24-21(25)17-9-8-16(26-2)10-20(17)27-3/h4-13H,1-3H3,(H,24,25). The summed E-state index contributed by atoms with van der Waals surface area (Å²) in [4.78, 5) is 16.9. The largest absolute Gasteiger partial charge is 0.497 e. The van der Waals surface area contributed by atoms with Gasteiger partial charge in [0.15, 0.2) is 0 Å². The Bertz CT molecular complexity index is 1050. The molecule has 1 aliphatic heterocycles. The average Bonchev–Trinajstić information content (AvgIpc) is 3.30. The van der Waals surface area contributed by atoms with E-state index in [1.54, 1.807) is 25.3 Å². The van der Waals surface area contributed by atoms with Crippen molar-refractivity contribution in [1.29, 1.82) is 0 Å². The second-order valence-electron chi connectivity index (χ2n) is 6.54. The highest BCUT2D eigenvalue weighted by Gasteiger charge is 2.20. The van der Waals surface area contributed by atoms with Crippen molar-refractivity contribution in [3.05, 3.63) is 59.7 Å². The van der Waals surface area contributed by atoms with Gasteiger partial charge in [0, 0.05) is 35.0 Å². The summed E-state index contributed by atoms with van der Waals surface area (Å²) in [6.45, 7) is 2.08. The fourth-order valence-electron chi connectivity index (χ4n) is 3.13. The van der Waals surface area contributed by atoms with Gasteiger partial charge in [-0.05, 0) is 42.5 Å². The number of amides is 1. The third kappa shape index (κ3) is 3.24. The zero-order valence-corrected chi connectivity index (χ0v) is 15.9. The molecule has 28 heavy (non-hydrogen) atoms. The molecule has 142 valence electrons. The van der Waals surface area contributed by atoms with Crippen molar-refractivity contribution >= 4 is 23.7 Å². The molecule has 2 aromatic carbocycles. The maximum atomic E-state index is 12.6. The van der Waals surface area contributed by atoms with Crippen LogP contribution in [0.1, 0.15) is 28.8 Å². The fourth-order valence-corrected chi connectivity index (χ4v) is 3.13. The van der Waals surface area contributed by atoms with Crippen LogP contribution in [-0.4, -0.2) is 26.3 Å². The Morgan fingerprint density at radius 2 is 1.86 bits per heavy atom. The zero-order chi connectivity index (χ0) is 19.7. The van der Waals surface area contributed by atoms with E-state index in [-0.39, 0.29) is 11.8 Å². The molecule has 0 bridgehead atoms. The molecule has 3 aromatic rings. The number of aliphatic imine (C=N–C) groups is 1. The van der Waals surface area contributed by atoms with E-state index in [1.165, 1.54) is 7.11 Å². The van der Waals surface area contributed by atoms with E-state index < -0.39 is 0 Å². The summed E-state index contributed by atoms with van der Waals surface area (Å²) in [5.74, 6) is 2.53. The summed E-state index contributed by atoms with van der Waals surface area (Å²) in [5.41, 5.74) is 3.13. The molecule has 1 N–H and O–H groups in total. The smallest absolute Gasteiger partial charge is 0.259 e. The molecule has 1 atom stereocenters. The molecule has 6 nitrogen and oxygen atoms in total. The van der Waals surface area contributed by atoms with Crippen LogP contribution in [0.25, 0.3) is 11.3 Å². The molecule has 1 aromatic heterocycles. The quantitative estimate of drug-likeness (QED) is 0.677. The third-order valence-corrected chi connectivity index (χ3v) is 4.73. The van der Waals surface area contributed by atoms with Crippen LogP contribution in [-0.2, 0) is 0 Å². The van der Waals surface area contributed by atoms with Gasteiger partial charge >= 0.3 is 0 Å². The Labute approximate surface area is 162 Å². The first kappa shape index (κ1) is 17.9. The van der Waals surface area contributed by atoms with Gasteiger partial charge in [-0.25, -0.2) is 4.99 Å². The van der Waals surface area contributed by atoms with Gasteiger partial charge in [-0.15, -0.1) is 0 Å². The molecule has 2 heterocycles. The molecule has 0 aliphatic carbocycles. The second kappa shape index (κ2) is 7.23.